The quantitative estimate of drug-likeness (QED) is 0.606. The number of rotatable bonds is 7. The smallest absolute Gasteiger partial charge is 0.151 e. The number of aromatic nitrogens is 4. The van der Waals surface area contributed by atoms with Crippen LogP contribution in [0.4, 0.5) is 5.69 Å². The molecule has 0 amide bonds. The Bertz CT molecular complexity index is 511. The number of nitrogens with zero attached hydrogens (tertiary/aromatic N) is 4. The molecule has 2 N–H and O–H groups in total. The van der Waals surface area contributed by atoms with Crippen molar-refractivity contribution in [3.05, 3.63) is 30.1 Å². The predicted octanol–water partition coefficient (Wildman–Crippen LogP) is 1.68. The summed E-state index contributed by atoms with van der Waals surface area (Å²) in [7, 11) is 0. The van der Waals surface area contributed by atoms with Gasteiger partial charge in [-0.1, -0.05) is 13.0 Å². The average Bonchev–Trinajstić information content (AvgIpc) is 2.83. The second-order valence-corrected chi connectivity index (χ2v) is 4.34. The molecule has 0 saturated carbocycles. The minimum atomic E-state index is 0.620. The summed E-state index contributed by atoms with van der Waals surface area (Å²) in [4.78, 5) is 0. The van der Waals surface area contributed by atoms with E-state index < -0.39 is 0 Å². The van der Waals surface area contributed by atoms with E-state index in [2.05, 4.69) is 22.4 Å². The van der Waals surface area contributed by atoms with Crippen LogP contribution in [-0.4, -0.2) is 26.8 Å². The summed E-state index contributed by atoms with van der Waals surface area (Å²) in [6.07, 6.45) is 2.81. The molecule has 0 bridgehead atoms. The number of hydrogen-bond acceptors (Lipinski definition) is 5. The molecule has 0 saturated heterocycles. The molecule has 0 aliphatic rings. The Morgan fingerprint density at radius 1 is 1.37 bits per heavy atom. The van der Waals surface area contributed by atoms with E-state index in [-0.39, 0.29) is 0 Å². The van der Waals surface area contributed by atoms with E-state index >= 15 is 0 Å². The van der Waals surface area contributed by atoms with Gasteiger partial charge >= 0.3 is 0 Å². The Hall–Kier alpha value is -2.11. The van der Waals surface area contributed by atoms with Crippen molar-refractivity contribution in [3.63, 3.8) is 0 Å². The highest BCUT2D eigenvalue weighted by Crippen LogP contribution is 2.14. The Kier molecular flexibility index (Phi) is 4.72. The minimum absolute atomic E-state index is 0.620. The molecule has 102 valence electrons. The lowest BCUT2D eigenvalue weighted by Crippen LogP contribution is -2.09. The van der Waals surface area contributed by atoms with E-state index in [4.69, 9.17) is 10.5 Å². The third-order valence-corrected chi connectivity index (χ3v) is 2.72. The first-order valence-corrected chi connectivity index (χ1v) is 6.53. The number of benzene rings is 1. The van der Waals surface area contributed by atoms with Gasteiger partial charge in [0.05, 0.1) is 6.61 Å². The van der Waals surface area contributed by atoms with E-state index in [0.717, 1.165) is 37.4 Å². The number of tetrazole rings is 1. The standard InChI is InChI=1S/C13H19N5O/c1-2-5-13-15-16-17-18(13)8-4-9-19-12-7-3-6-11(14)10-12/h3,6-7,10H,2,4-5,8-9,14H2,1H3. The lowest BCUT2D eigenvalue weighted by Gasteiger charge is -2.07. The van der Waals surface area contributed by atoms with Crippen LogP contribution < -0.4 is 10.5 Å². The molecule has 0 fully saturated rings. The first-order valence-electron chi connectivity index (χ1n) is 6.53. The lowest BCUT2D eigenvalue weighted by molar-refractivity contribution is 0.297. The van der Waals surface area contributed by atoms with Crippen LogP contribution in [0, 0.1) is 0 Å². The Balaban J connectivity index is 1.76. The van der Waals surface area contributed by atoms with Gasteiger partial charge in [0, 0.05) is 31.1 Å². The van der Waals surface area contributed by atoms with Crippen LogP contribution in [0.15, 0.2) is 24.3 Å². The number of nitrogen functional groups attached to an aromatic ring is 1. The van der Waals surface area contributed by atoms with Crippen molar-refractivity contribution < 1.29 is 4.74 Å². The van der Waals surface area contributed by atoms with Crippen LogP contribution >= 0.6 is 0 Å². The molecule has 1 aromatic carbocycles. The molecule has 1 heterocycles. The molecule has 6 heteroatoms. The van der Waals surface area contributed by atoms with Gasteiger partial charge in [0.15, 0.2) is 5.82 Å². The van der Waals surface area contributed by atoms with Gasteiger partial charge in [0.2, 0.25) is 0 Å². The Morgan fingerprint density at radius 3 is 3.05 bits per heavy atom. The average molecular weight is 261 g/mol. The normalized spacial score (nSPS) is 10.6. The lowest BCUT2D eigenvalue weighted by atomic mass is 10.3. The van der Waals surface area contributed by atoms with E-state index in [1.54, 1.807) is 0 Å². The number of aryl methyl sites for hydroxylation is 2. The maximum atomic E-state index is 5.68. The van der Waals surface area contributed by atoms with Crippen LogP contribution in [-0.2, 0) is 13.0 Å². The van der Waals surface area contributed by atoms with Crippen LogP contribution in [0.2, 0.25) is 0 Å². The topological polar surface area (TPSA) is 78.8 Å². The summed E-state index contributed by atoms with van der Waals surface area (Å²) in [6, 6.07) is 7.44. The molecule has 0 atom stereocenters. The van der Waals surface area contributed by atoms with Gasteiger partial charge in [0.1, 0.15) is 5.75 Å². The first kappa shape index (κ1) is 13.3. The van der Waals surface area contributed by atoms with Gasteiger partial charge in [-0.2, -0.15) is 0 Å². The minimum Gasteiger partial charge on any atom is -0.493 e. The van der Waals surface area contributed by atoms with Crippen molar-refractivity contribution in [1.29, 1.82) is 0 Å². The molecule has 2 aromatic rings. The largest absolute Gasteiger partial charge is 0.493 e. The maximum Gasteiger partial charge on any atom is 0.151 e. The van der Waals surface area contributed by atoms with Crippen molar-refractivity contribution in [2.45, 2.75) is 32.7 Å². The maximum absolute atomic E-state index is 5.68. The summed E-state index contributed by atoms with van der Waals surface area (Å²) in [5.74, 6) is 1.73. The third-order valence-electron chi connectivity index (χ3n) is 2.72. The zero-order valence-electron chi connectivity index (χ0n) is 11.1. The second-order valence-electron chi connectivity index (χ2n) is 4.34. The van der Waals surface area contributed by atoms with Crippen molar-refractivity contribution in [1.82, 2.24) is 20.2 Å². The van der Waals surface area contributed by atoms with E-state index in [1.807, 2.05) is 28.9 Å². The van der Waals surface area contributed by atoms with Crippen molar-refractivity contribution in [3.8, 4) is 5.75 Å². The molecule has 6 nitrogen and oxygen atoms in total. The fourth-order valence-electron chi connectivity index (χ4n) is 1.81. The molecule has 0 unspecified atom stereocenters. The molecule has 0 aliphatic carbocycles. The summed E-state index contributed by atoms with van der Waals surface area (Å²) in [5.41, 5.74) is 6.39. The van der Waals surface area contributed by atoms with Gasteiger partial charge < -0.3 is 10.5 Å². The summed E-state index contributed by atoms with van der Waals surface area (Å²) in [5, 5.41) is 11.7. The van der Waals surface area contributed by atoms with Gasteiger partial charge in [-0.25, -0.2) is 4.68 Å². The molecule has 0 aliphatic heterocycles. The monoisotopic (exact) mass is 261 g/mol. The van der Waals surface area contributed by atoms with Crippen molar-refractivity contribution >= 4 is 5.69 Å². The molecule has 19 heavy (non-hydrogen) atoms. The van der Waals surface area contributed by atoms with Gasteiger partial charge in [-0.05, 0) is 29.0 Å². The SMILES string of the molecule is CCCc1nnnn1CCCOc1cccc(N)c1. The molecular formula is C13H19N5O. The highest BCUT2D eigenvalue weighted by Gasteiger charge is 2.04. The van der Waals surface area contributed by atoms with Crippen molar-refractivity contribution in [2.75, 3.05) is 12.3 Å². The number of hydrogen-bond donors (Lipinski definition) is 1. The van der Waals surface area contributed by atoms with Crippen molar-refractivity contribution in [2.24, 2.45) is 0 Å². The molecule has 0 radical (unpaired) electrons. The highest BCUT2D eigenvalue weighted by molar-refractivity contribution is 5.43. The Labute approximate surface area is 112 Å². The molecule has 0 spiro atoms. The molecule has 2 rings (SSSR count). The molecule has 1 aromatic heterocycles. The Morgan fingerprint density at radius 2 is 2.26 bits per heavy atom. The predicted molar refractivity (Wildman–Crippen MR) is 72.8 cm³/mol. The third kappa shape index (κ3) is 3.94. The summed E-state index contributed by atoms with van der Waals surface area (Å²) >= 11 is 0. The fourth-order valence-corrected chi connectivity index (χ4v) is 1.81. The van der Waals surface area contributed by atoms with E-state index in [0.29, 0.717) is 12.3 Å². The van der Waals surface area contributed by atoms with Crippen LogP contribution in [0.3, 0.4) is 0 Å². The van der Waals surface area contributed by atoms with Crippen LogP contribution in [0.25, 0.3) is 0 Å². The zero-order chi connectivity index (χ0) is 13.5. The van der Waals surface area contributed by atoms with Gasteiger partial charge in [-0.3, -0.25) is 0 Å². The van der Waals surface area contributed by atoms with Crippen LogP contribution in [0.1, 0.15) is 25.6 Å². The van der Waals surface area contributed by atoms with Gasteiger partial charge in [-0.15, -0.1) is 5.10 Å². The number of ether oxygens (including phenoxy) is 1. The van der Waals surface area contributed by atoms with E-state index in [9.17, 15) is 0 Å². The first-order chi connectivity index (χ1) is 9.29. The second kappa shape index (κ2) is 6.72. The van der Waals surface area contributed by atoms with E-state index in [1.165, 1.54) is 0 Å². The molecular weight excluding hydrogens is 242 g/mol. The summed E-state index contributed by atoms with van der Waals surface area (Å²) in [6.45, 7) is 3.50. The zero-order valence-corrected chi connectivity index (χ0v) is 11.1. The summed E-state index contributed by atoms with van der Waals surface area (Å²) < 4.78 is 7.46. The highest BCUT2D eigenvalue weighted by atomic mass is 16.5. The number of nitrogens with two attached hydrogens (primary N) is 1. The number of anilines is 1. The van der Waals surface area contributed by atoms with Crippen LogP contribution in [0.5, 0.6) is 5.75 Å². The van der Waals surface area contributed by atoms with Gasteiger partial charge in [0.25, 0.3) is 0 Å². The fraction of sp³-hybridized carbons (Fsp3) is 0.462.